The van der Waals surface area contributed by atoms with Gasteiger partial charge in [0, 0.05) is 11.6 Å². The predicted octanol–water partition coefficient (Wildman–Crippen LogP) is 2.11. The molecule has 26 heavy (non-hydrogen) atoms. The van der Waals surface area contributed by atoms with E-state index in [1.54, 1.807) is 12.1 Å². The standard InChI is InChI=1S/C19H15NO6/c20-14(18(22)23)8-13-9-15(21)26-17(19(24)25)16(13)12-6-5-10-3-1-2-4-11(10)7-12/h1-7,9,14H,8,20H2,(H,22,23)(H,24,25). The van der Waals surface area contributed by atoms with Crippen LogP contribution in [-0.2, 0) is 11.2 Å². The number of nitrogens with two attached hydrogens (primary N) is 1. The quantitative estimate of drug-likeness (QED) is 0.640. The van der Waals surface area contributed by atoms with Gasteiger partial charge in [-0.05, 0) is 34.4 Å². The highest BCUT2D eigenvalue weighted by atomic mass is 16.4. The summed E-state index contributed by atoms with van der Waals surface area (Å²) in [5.74, 6) is -3.21. The van der Waals surface area contributed by atoms with Crippen LogP contribution in [0.1, 0.15) is 16.1 Å². The average molecular weight is 353 g/mol. The zero-order chi connectivity index (χ0) is 18.8. The van der Waals surface area contributed by atoms with E-state index >= 15 is 0 Å². The van der Waals surface area contributed by atoms with Crippen molar-refractivity contribution >= 4 is 22.7 Å². The molecule has 0 fully saturated rings. The second kappa shape index (κ2) is 6.81. The predicted molar refractivity (Wildman–Crippen MR) is 94.2 cm³/mol. The summed E-state index contributed by atoms with van der Waals surface area (Å²) in [4.78, 5) is 34.4. The maximum atomic E-state index is 11.7. The summed E-state index contributed by atoms with van der Waals surface area (Å²) in [6.07, 6.45) is -0.205. The Kier molecular flexibility index (Phi) is 4.55. The van der Waals surface area contributed by atoms with Crippen LogP contribution in [0.3, 0.4) is 0 Å². The fourth-order valence-electron chi connectivity index (χ4n) is 2.84. The number of aliphatic carboxylic acids is 1. The first kappa shape index (κ1) is 17.4. The monoisotopic (exact) mass is 353 g/mol. The first-order valence-corrected chi connectivity index (χ1v) is 7.74. The van der Waals surface area contributed by atoms with Gasteiger partial charge in [0.15, 0.2) is 0 Å². The second-order valence-corrected chi connectivity index (χ2v) is 5.81. The van der Waals surface area contributed by atoms with Gasteiger partial charge in [0.2, 0.25) is 5.76 Å². The zero-order valence-electron chi connectivity index (χ0n) is 13.5. The van der Waals surface area contributed by atoms with Crippen molar-refractivity contribution in [3.8, 4) is 11.1 Å². The third-order valence-corrected chi connectivity index (χ3v) is 4.03. The summed E-state index contributed by atoms with van der Waals surface area (Å²) in [6, 6.07) is 12.6. The Balaban J connectivity index is 2.26. The Morgan fingerprint density at radius 1 is 1.04 bits per heavy atom. The van der Waals surface area contributed by atoms with Crippen LogP contribution >= 0.6 is 0 Å². The van der Waals surface area contributed by atoms with Crippen molar-refractivity contribution in [3.63, 3.8) is 0 Å². The molecular weight excluding hydrogens is 338 g/mol. The molecule has 0 radical (unpaired) electrons. The molecule has 7 heteroatoms. The van der Waals surface area contributed by atoms with Gasteiger partial charge in [-0.2, -0.15) is 0 Å². The third-order valence-electron chi connectivity index (χ3n) is 4.03. The lowest BCUT2D eigenvalue weighted by Crippen LogP contribution is -2.33. The van der Waals surface area contributed by atoms with E-state index in [2.05, 4.69) is 0 Å². The Bertz CT molecular complexity index is 1070. The van der Waals surface area contributed by atoms with E-state index in [9.17, 15) is 19.5 Å². The Hall–Kier alpha value is -3.45. The Morgan fingerprint density at radius 2 is 1.73 bits per heavy atom. The number of carboxylic acids is 2. The molecule has 0 spiro atoms. The molecule has 3 rings (SSSR count). The van der Waals surface area contributed by atoms with Crippen molar-refractivity contribution in [1.82, 2.24) is 0 Å². The molecule has 0 amide bonds. The lowest BCUT2D eigenvalue weighted by molar-refractivity contribution is -0.138. The molecular formula is C19H15NO6. The number of carbonyl (C=O) groups is 2. The normalized spacial score (nSPS) is 12.0. The van der Waals surface area contributed by atoms with Gasteiger partial charge < -0.3 is 20.4 Å². The Labute approximate surface area is 147 Å². The minimum absolute atomic E-state index is 0.152. The van der Waals surface area contributed by atoms with Gasteiger partial charge in [0.1, 0.15) is 6.04 Å². The molecule has 1 unspecified atom stereocenters. The number of hydrogen-bond donors (Lipinski definition) is 3. The minimum atomic E-state index is -1.42. The van der Waals surface area contributed by atoms with Crippen molar-refractivity contribution < 1.29 is 24.2 Å². The van der Waals surface area contributed by atoms with Crippen LogP contribution in [0.25, 0.3) is 21.9 Å². The number of rotatable bonds is 5. The number of aromatic carboxylic acids is 1. The van der Waals surface area contributed by atoms with E-state index in [-0.39, 0.29) is 17.5 Å². The van der Waals surface area contributed by atoms with Gasteiger partial charge in [-0.1, -0.05) is 36.4 Å². The van der Waals surface area contributed by atoms with Crippen LogP contribution in [0, 0.1) is 0 Å². The van der Waals surface area contributed by atoms with Gasteiger partial charge in [0.05, 0.1) is 0 Å². The van der Waals surface area contributed by atoms with E-state index in [1.807, 2.05) is 30.3 Å². The minimum Gasteiger partial charge on any atom is -0.480 e. The lowest BCUT2D eigenvalue weighted by Gasteiger charge is -2.14. The van der Waals surface area contributed by atoms with Gasteiger partial charge >= 0.3 is 17.6 Å². The Morgan fingerprint density at radius 3 is 2.38 bits per heavy atom. The fourth-order valence-corrected chi connectivity index (χ4v) is 2.84. The van der Waals surface area contributed by atoms with Crippen LogP contribution in [0.4, 0.5) is 0 Å². The van der Waals surface area contributed by atoms with Gasteiger partial charge in [0.25, 0.3) is 0 Å². The summed E-state index contributed by atoms with van der Waals surface area (Å²) >= 11 is 0. The second-order valence-electron chi connectivity index (χ2n) is 5.81. The zero-order valence-corrected chi connectivity index (χ0v) is 13.5. The average Bonchev–Trinajstić information content (AvgIpc) is 2.60. The summed E-state index contributed by atoms with van der Waals surface area (Å²) < 4.78 is 4.88. The molecule has 7 nitrogen and oxygen atoms in total. The number of benzene rings is 2. The molecule has 0 aliphatic carbocycles. The molecule has 132 valence electrons. The number of carboxylic acid groups (broad SMARTS) is 2. The van der Waals surface area contributed by atoms with Crippen LogP contribution in [0.5, 0.6) is 0 Å². The highest BCUT2D eigenvalue weighted by molar-refractivity contribution is 5.96. The van der Waals surface area contributed by atoms with Crippen molar-refractivity contribution in [2.75, 3.05) is 0 Å². The molecule has 4 N–H and O–H groups in total. The van der Waals surface area contributed by atoms with E-state index in [1.165, 1.54) is 0 Å². The first-order chi connectivity index (χ1) is 12.4. The number of fused-ring (bicyclic) bond motifs is 1. The SMILES string of the molecule is NC(Cc1cc(=O)oc(C(=O)O)c1-c1ccc2ccccc2c1)C(=O)O. The van der Waals surface area contributed by atoms with Gasteiger partial charge in [-0.3, -0.25) is 4.79 Å². The molecule has 0 aliphatic heterocycles. The largest absolute Gasteiger partial charge is 0.480 e. The molecule has 1 aromatic heterocycles. The van der Waals surface area contributed by atoms with Crippen molar-refractivity contribution in [2.24, 2.45) is 5.73 Å². The van der Waals surface area contributed by atoms with E-state index in [4.69, 9.17) is 15.3 Å². The summed E-state index contributed by atoms with van der Waals surface area (Å²) in [7, 11) is 0. The van der Waals surface area contributed by atoms with Crippen molar-refractivity contribution in [3.05, 3.63) is 70.3 Å². The van der Waals surface area contributed by atoms with E-state index < -0.39 is 29.4 Å². The molecule has 0 saturated carbocycles. The first-order valence-electron chi connectivity index (χ1n) is 7.74. The summed E-state index contributed by atoms with van der Waals surface area (Å²) in [5.41, 5.74) is 5.57. The number of hydrogen-bond acceptors (Lipinski definition) is 5. The molecule has 1 atom stereocenters. The topological polar surface area (TPSA) is 131 Å². The maximum Gasteiger partial charge on any atom is 0.372 e. The molecule has 0 saturated heterocycles. The lowest BCUT2D eigenvalue weighted by atomic mass is 9.93. The summed E-state index contributed by atoms with van der Waals surface area (Å²) in [6.45, 7) is 0. The van der Waals surface area contributed by atoms with Crippen LogP contribution in [0.2, 0.25) is 0 Å². The smallest absolute Gasteiger partial charge is 0.372 e. The summed E-state index contributed by atoms with van der Waals surface area (Å²) in [5, 5.41) is 20.3. The molecule has 1 heterocycles. The highest BCUT2D eigenvalue weighted by Crippen LogP contribution is 2.30. The van der Waals surface area contributed by atoms with E-state index in [0.29, 0.717) is 5.56 Å². The van der Waals surface area contributed by atoms with Crippen molar-refractivity contribution in [1.29, 1.82) is 0 Å². The van der Waals surface area contributed by atoms with E-state index in [0.717, 1.165) is 16.8 Å². The molecule has 0 bridgehead atoms. The molecule has 3 aromatic rings. The van der Waals surface area contributed by atoms with Gasteiger partial charge in [-0.25, -0.2) is 9.59 Å². The maximum absolute atomic E-state index is 11.7. The fraction of sp³-hybridized carbons (Fsp3) is 0.105. The third kappa shape index (κ3) is 3.33. The van der Waals surface area contributed by atoms with Crippen molar-refractivity contribution in [2.45, 2.75) is 12.5 Å². The molecule has 2 aromatic carbocycles. The highest BCUT2D eigenvalue weighted by Gasteiger charge is 2.23. The van der Waals surface area contributed by atoms with Crippen LogP contribution in [-0.4, -0.2) is 28.2 Å². The molecule has 0 aliphatic rings. The van der Waals surface area contributed by atoms with Crippen LogP contribution < -0.4 is 11.4 Å². The van der Waals surface area contributed by atoms with Gasteiger partial charge in [-0.15, -0.1) is 0 Å². The van der Waals surface area contributed by atoms with Crippen LogP contribution in [0.15, 0.2) is 57.7 Å².